The van der Waals surface area contributed by atoms with Gasteiger partial charge in [0.2, 0.25) is 0 Å². The van der Waals surface area contributed by atoms with Crippen molar-refractivity contribution in [2.45, 2.75) is 29.8 Å². The zero-order valence-electron chi connectivity index (χ0n) is 16.7. The van der Waals surface area contributed by atoms with E-state index in [0.29, 0.717) is 11.2 Å². The van der Waals surface area contributed by atoms with Crippen molar-refractivity contribution in [3.05, 3.63) is 60.3 Å². The van der Waals surface area contributed by atoms with Crippen LogP contribution < -0.4 is 4.72 Å². The van der Waals surface area contributed by atoms with E-state index < -0.39 is 21.9 Å². The van der Waals surface area contributed by atoms with Gasteiger partial charge in [-0.3, -0.25) is 14.4 Å². The van der Waals surface area contributed by atoms with E-state index in [-0.39, 0.29) is 16.5 Å². The molecule has 32 heavy (non-hydrogen) atoms. The minimum absolute atomic E-state index is 0.0428. The lowest BCUT2D eigenvalue weighted by atomic mass is 10.1. The summed E-state index contributed by atoms with van der Waals surface area (Å²) in [6.07, 6.45) is 2.23. The van der Waals surface area contributed by atoms with Crippen molar-refractivity contribution in [3.8, 4) is 5.69 Å². The Kier molecular flexibility index (Phi) is 4.52. The standard InChI is InChI=1S/C20H17F3N6O2S/c1-28-19-13(9-25-28)4-5-16(12-2-3-12)18(19)27-32(30,31)15-10-26-29(11-15)14-6-7-24-17(8-14)20(21,22)23/h4-12,27H,2-3H2,1H3. The number of benzene rings is 1. The molecule has 8 nitrogen and oxygen atoms in total. The fraction of sp³-hybridized carbons (Fsp3) is 0.250. The predicted molar refractivity (Wildman–Crippen MR) is 110 cm³/mol. The maximum Gasteiger partial charge on any atom is 0.433 e. The normalized spacial score (nSPS) is 14.8. The number of sulfonamides is 1. The van der Waals surface area contributed by atoms with Gasteiger partial charge in [0, 0.05) is 18.6 Å². The minimum Gasteiger partial charge on any atom is -0.277 e. The fourth-order valence-corrected chi connectivity index (χ4v) is 4.65. The van der Waals surface area contributed by atoms with Crippen LogP contribution in [0.3, 0.4) is 0 Å². The van der Waals surface area contributed by atoms with Crippen LogP contribution in [-0.2, 0) is 23.2 Å². The van der Waals surface area contributed by atoms with Crippen molar-refractivity contribution in [1.29, 1.82) is 0 Å². The quantitative estimate of drug-likeness (QED) is 0.486. The molecule has 0 atom stereocenters. The molecule has 166 valence electrons. The van der Waals surface area contributed by atoms with Gasteiger partial charge in [0.1, 0.15) is 10.6 Å². The molecule has 1 aromatic carbocycles. The topological polar surface area (TPSA) is 94.7 Å². The number of nitrogens with one attached hydrogen (secondary N) is 1. The monoisotopic (exact) mass is 462 g/mol. The first-order valence-electron chi connectivity index (χ1n) is 9.69. The highest BCUT2D eigenvalue weighted by Gasteiger charge is 2.33. The molecule has 3 aromatic heterocycles. The van der Waals surface area contributed by atoms with Crippen LogP contribution >= 0.6 is 0 Å². The lowest BCUT2D eigenvalue weighted by Gasteiger charge is -2.14. The maximum atomic E-state index is 13.2. The number of aromatic nitrogens is 5. The molecule has 1 saturated carbocycles. The van der Waals surface area contributed by atoms with Crippen LogP contribution in [0.5, 0.6) is 0 Å². The van der Waals surface area contributed by atoms with Gasteiger partial charge in [-0.2, -0.15) is 23.4 Å². The van der Waals surface area contributed by atoms with Gasteiger partial charge in [-0.05, 0) is 36.5 Å². The molecular weight excluding hydrogens is 445 g/mol. The molecule has 0 unspecified atom stereocenters. The minimum atomic E-state index is -4.62. The van der Waals surface area contributed by atoms with Crippen molar-refractivity contribution < 1.29 is 21.6 Å². The van der Waals surface area contributed by atoms with Crippen molar-refractivity contribution >= 4 is 26.6 Å². The molecule has 3 heterocycles. The molecule has 12 heteroatoms. The summed E-state index contributed by atoms with van der Waals surface area (Å²) >= 11 is 0. The molecular formula is C20H17F3N6O2S. The van der Waals surface area contributed by atoms with E-state index in [0.717, 1.165) is 53.1 Å². The lowest BCUT2D eigenvalue weighted by Crippen LogP contribution is -2.15. The third-order valence-electron chi connectivity index (χ3n) is 5.36. The van der Waals surface area contributed by atoms with Crippen molar-refractivity contribution in [2.75, 3.05) is 4.72 Å². The van der Waals surface area contributed by atoms with Gasteiger partial charge in [-0.25, -0.2) is 13.1 Å². The molecule has 5 rings (SSSR count). The average molecular weight is 462 g/mol. The van der Waals surface area contributed by atoms with Crippen molar-refractivity contribution in [1.82, 2.24) is 24.5 Å². The summed E-state index contributed by atoms with van der Waals surface area (Å²) in [5.74, 6) is 0.271. The number of hydrogen-bond donors (Lipinski definition) is 1. The van der Waals surface area contributed by atoms with E-state index in [1.54, 1.807) is 17.9 Å². The molecule has 4 aromatic rings. The number of halogens is 3. The van der Waals surface area contributed by atoms with E-state index in [4.69, 9.17) is 0 Å². The zero-order valence-corrected chi connectivity index (χ0v) is 17.5. The second-order valence-corrected chi connectivity index (χ2v) is 9.32. The second kappa shape index (κ2) is 7.05. The van der Waals surface area contributed by atoms with Gasteiger partial charge in [0.25, 0.3) is 10.0 Å². The summed E-state index contributed by atoms with van der Waals surface area (Å²) in [5, 5.41) is 8.95. The third-order valence-corrected chi connectivity index (χ3v) is 6.66. The van der Waals surface area contributed by atoms with E-state index >= 15 is 0 Å². The van der Waals surface area contributed by atoms with Gasteiger partial charge in [-0.15, -0.1) is 0 Å². The molecule has 0 spiro atoms. The van der Waals surface area contributed by atoms with E-state index in [1.165, 1.54) is 6.07 Å². The van der Waals surface area contributed by atoms with Crippen LogP contribution in [0.25, 0.3) is 16.6 Å². The highest BCUT2D eigenvalue weighted by atomic mass is 32.2. The fourth-order valence-electron chi connectivity index (χ4n) is 3.62. The number of rotatable bonds is 5. The summed E-state index contributed by atoms with van der Waals surface area (Å²) < 4.78 is 70.5. The number of nitrogens with zero attached hydrogens (tertiary/aromatic N) is 5. The molecule has 1 aliphatic carbocycles. The van der Waals surface area contributed by atoms with Crippen molar-refractivity contribution in [3.63, 3.8) is 0 Å². The number of pyridine rings is 1. The lowest BCUT2D eigenvalue weighted by molar-refractivity contribution is -0.141. The first-order chi connectivity index (χ1) is 15.1. The van der Waals surface area contributed by atoms with E-state index in [9.17, 15) is 21.6 Å². The Hall–Kier alpha value is -3.41. The van der Waals surface area contributed by atoms with E-state index in [2.05, 4.69) is 19.9 Å². The molecule has 1 fully saturated rings. The summed E-state index contributed by atoms with van der Waals surface area (Å²) in [5.41, 5.74) is 0.961. The first-order valence-corrected chi connectivity index (χ1v) is 11.2. The van der Waals surface area contributed by atoms with Crippen molar-refractivity contribution in [2.24, 2.45) is 7.05 Å². The highest BCUT2D eigenvalue weighted by molar-refractivity contribution is 7.92. The first kappa shape index (κ1) is 20.5. The summed E-state index contributed by atoms with van der Waals surface area (Å²) in [6, 6.07) is 5.93. The SMILES string of the molecule is Cn1ncc2ccc(C3CC3)c(NS(=O)(=O)c3cnn(-c4ccnc(C(F)(F)F)c4)c3)c21. The smallest absolute Gasteiger partial charge is 0.277 e. The summed E-state index contributed by atoms with van der Waals surface area (Å²) in [6.45, 7) is 0. The van der Waals surface area contributed by atoms with Crippen LogP contribution in [0.1, 0.15) is 30.0 Å². The second-order valence-electron chi connectivity index (χ2n) is 7.63. The summed E-state index contributed by atoms with van der Waals surface area (Å²) in [4.78, 5) is 3.13. The number of anilines is 1. The van der Waals surface area contributed by atoms with Crippen LogP contribution in [0.4, 0.5) is 18.9 Å². The van der Waals surface area contributed by atoms with Crippen LogP contribution in [0, 0.1) is 0 Å². The van der Waals surface area contributed by atoms with Gasteiger partial charge in [0.15, 0.2) is 0 Å². The van der Waals surface area contributed by atoms with Gasteiger partial charge < -0.3 is 0 Å². The molecule has 1 N–H and O–H groups in total. The Morgan fingerprint density at radius 1 is 1.12 bits per heavy atom. The maximum absolute atomic E-state index is 13.2. The Morgan fingerprint density at radius 3 is 2.62 bits per heavy atom. The summed E-state index contributed by atoms with van der Waals surface area (Å²) in [7, 11) is -2.33. The molecule has 0 amide bonds. The Labute approximate surface area is 180 Å². The van der Waals surface area contributed by atoms with Crippen LogP contribution in [0.2, 0.25) is 0 Å². The zero-order chi connectivity index (χ0) is 22.7. The number of alkyl halides is 3. The molecule has 1 aliphatic rings. The third kappa shape index (κ3) is 3.60. The van der Waals surface area contributed by atoms with Gasteiger partial charge in [0.05, 0.1) is 35.5 Å². The Balaban J connectivity index is 1.52. The average Bonchev–Trinajstić information content (AvgIpc) is 3.31. The number of fused-ring (bicyclic) bond motifs is 1. The number of hydrogen-bond acceptors (Lipinski definition) is 5. The Morgan fingerprint density at radius 2 is 1.91 bits per heavy atom. The predicted octanol–water partition coefficient (Wildman–Crippen LogP) is 3.85. The number of aryl methyl sites for hydroxylation is 1. The molecule has 0 saturated heterocycles. The molecule has 0 bridgehead atoms. The van der Waals surface area contributed by atoms with Gasteiger partial charge >= 0.3 is 6.18 Å². The van der Waals surface area contributed by atoms with E-state index in [1.807, 2.05) is 12.1 Å². The molecule has 0 radical (unpaired) electrons. The highest BCUT2D eigenvalue weighted by Crippen LogP contribution is 2.46. The van der Waals surface area contributed by atoms with Gasteiger partial charge in [-0.1, -0.05) is 12.1 Å². The van der Waals surface area contributed by atoms with Crippen LogP contribution in [-0.4, -0.2) is 33.0 Å². The molecule has 0 aliphatic heterocycles. The van der Waals surface area contributed by atoms with Crippen LogP contribution in [0.15, 0.2) is 53.9 Å². The Bertz CT molecular complexity index is 1440. The largest absolute Gasteiger partial charge is 0.433 e.